The third-order valence-corrected chi connectivity index (χ3v) is 8.26. The minimum absolute atomic E-state index is 0.0255. The molecular formula is C27H27N3O2S2. The van der Waals surface area contributed by atoms with E-state index in [9.17, 15) is 9.59 Å². The summed E-state index contributed by atoms with van der Waals surface area (Å²) in [6.45, 7) is 4.57. The molecule has 2 heterocycles. The Hall–Kier alpha value is -2.90. The summed E-state index contributed by atoms with van der Waals surface area (Å²) in [5.74, 6) is 0.0917. The Bertz CT molecular complexity index is 1400. The number of hydrogen-bond donors (Lipinski definition) is 1. The lowest BCUT2D eigenvalue weighted by molar-refractivity contribution is -0.113. The van der Waals surface area contributed by atoms with Crippen LogP contribution in [0.3, 0.4) is 0 Å². The molecule has 1 N–H and O–H groups in total. The molecule has 1 aliphatic rings. The van der Waals surface area contributed by atoms with Gasteiger partial charge < -0.3 is 5.32 Å². The van der Waals surface area contributed by atoms with E-state index in [1.165, 1.54) is 27.8 Å². The third kappa shape index (κ3) is 4.81. The van der Waals surface area contributed by atoms with Crippen LogP contribution in [0.4, 0.5) is 5.69 Å². The first-order valence-corrected chi connectivity index (χ1v) is 13.4. The highest BCUT2D eigenvalue weighted by atomic mass is 32.2. The highest BCUT2D eigenvalue weighted by molar-refractivity contribution is 7.99. The number of amides is 1. The van der Waals surface area contributed by atoms with Crippen molar-refractivity contribution in [2.24, 2.45) is 0 Å². The second kappa shape index (κ2) is 9.76. The number of thioether (sulfide) groups is 1. The number of carbonyl (C=O) groups excluding carboxylic acids is 1. The molecule has 0 radical (unpaired) electrons. The molecule has 0 aliphatic heterocycles. The molecule has 1 aliphatic carbocycles. The van der Waals surface area contributed by atoms with E-state index in [1.807, 2.05) is 44.2 Å². The largest absolute Gasteiger partial charge is 0.325 e. The quantitative estimate of drug-likeness (QED) is 0.274. The Morgan fingerprint density at radius 3 is 2.65 bits per heavy atom. The van der Waals surface area contributed by atoms with Gasteiger partial charge in [-0.25, -0.2) is 4.98 Å². The highest BCUT2D eigenvalue weighted by Crippen LogP contribution is 2.35. The summed E-state index contributed by atoms with van der Waals surface area (Å²) in [5.41, 5.74) is 5.40. The molecule has 0 fully saturated rings. The van der Waals surface area contributed by atoms with Gasteiger partial charge in [0.15, 0.2) is 5.16 Å². The summed E-state index contributed by atoms with van der Waals surface area (Å²) in [5, 5.41) is 4.38. The second-order valence-electron chi connectivity index (χ2n) is 8.84. The predicted octanol–water partition coefficient (Wildman–Crippen LogP) is 5.54. The first-order chi connectivity index (χ1) is 16.5. The van der Waals surface area contributed by atoms with E-state index >= 15 is 0 Å². The lowest BCUT2D eigenvalue weighted by Crippen LogP contribution is -2.25. The number of hydrogen-bond acceptors (Lipinski definition) is 5. The van der Waals surface area contributed by atoms with E-state index in [1.54, 1.807) is 15.9 Å². The number of benzene rings is 2. The number of nitrogens with zero attached hydrogens (tertiary/aromatic N) is 2. The fraction of sp³-hybridized carbons (Fsp3) is 0.296. The molecule has 2 aromatic heterocycles. The van der Waals surface area contributed by atoms with Crippen LogP contribution in [0.25, 0.3) is 10.2 Å². The van der Waals surface area contributed by atoms with E-state index in [0.29, 0.717) is 11.7 Å². The van der Waals surface area contributed by atoms with Crippen molar-refractivity contribution in [3.8, 4) is 0 Å². The van der Waals surface area contributed by atoms with Gasteiger partial charge in [0, 0.05) is 17.1 Å². The molecule has 0 bridgehead atoms. The minimum atomic E-state index is -0.104. The first kappa shape index (κ1) is 22.9. The number of fused-ring (bicyclic) bond motifs is 3. The van der Waals surface area contributed by atoms with Crippen LogP contribution in [0.2, 0.25) is 0 Å². The highest BCUT2D eigenvalue weighted by Gasteiger charge is 2.23. The number of carbonyl (C=O) groups is 1. The molecule has 5 rings (SSSR count). The number of nitrogens with one attached hydrogen (secondary N) is 1. The number of rotatable bonds is 7. The van der Waals surface area contributed by atoms with Crippen LogP contribution in [0.5, 0.6) is 0 Å². The van der Waals surface area contributed by atoms with Crippen molar-refractivity contribution in [3.63, 3.8) is 0 Å². The standard InChI is InChI=1S/C27H27N3O2S2/c1-17-13-18(2)15-20(14-17)28-23(31)16-33-27-29-25-24(21-9-6-10-22(21)34-25)26(32)30(27)12-11-19-7-4-3-5-8-19/h3-5,7-8,13-15H,6,9-12,16H2,1-2H3,(H,28,31). The smallest absolute Gasteiger partial charge is 0.263 e. The molecule has 4 aromatic rings. The average molecular weight is 490 g/mol. The Labute approximate surface area is 207 Å². The lowest BCUT2D eigenvalue weighted by atomic mass is 10.1. The van der Waals surface area contributed by atoms with Crippen molar-refractivity contribution in [1.29, 1.82) is 0 Å². The normalized spacial score (nSPS) is 12.8. The molecule has 2 aromatic carbocycles. The molecule has 0 unspecified atom stereocenters. The third-order valence-electron chi connectivity index (χ3n) is 6.09. The zero-order valence-corrected chi connectivity index (χ0v) is 21.0. The topological polar surface area (TPSA) is 64.0 Å². The minimum Gasteiger partial charge on any atom is -0.325 e. The summed E-state index contributed by atoms with van der Waals surface area (Å²) in [4.78, 5) is 33.3. The Morgan fingerprint density at radius 1 is 1.12 bits per heavy atom. The van der Waals surface area contributed by atoms with Crippen LogP contribution in [0.1, 0.15) is 33.6 Å². The molecule has 5 nitrogen and oxygen atoms in total. The monoisotopic (exact) mass is 489 g/mol. The van der Waals surface area contributed by atoms with E-state index in [-0.39, 0.29) is 17.2 Å². The molecule has 0 saturated carbocycles. The van der Waals surface area contributed by atoms with Crippen LogP contribution in [0, 0.1) is 13.8 Å². The van der Waals surface area contributed by atoms with Crippen LogP contribution in [-0.4, -0.2) is 21.2 Å². The van der Waals surface area contributed by atoms with Crippen LogP contribution in [-0.2, 0) is 30.6 Å². The molecule has 0 spiro atoms. The van der Waals surface area contributed by atoms with E-state index < -0.39 is 0 Å². The van der Waals surface area contributed by atoms with E-state index in [0.717, 1.165) is 52.7 Å². The van der Waals surface area contributed by atoms with Crippen LogP contribution >= 0.6 is 23.1 Å². The number of aryl methyl sites for hydroxylation is 5. The van der Waals surface area contributed by atoms with Crippen molar-refractivity contribution in [2.45, 2.75) is 51.2 Å². The molecular weight excluding hydrogens is 462 g/mol. The van der Waals surface area contributed by atoms with Gasteiger partial charge in [-0.1, -0.05) is 48.2 Å². The number of aromatic nitrogens is 2. The second-order valence-corrected chi connectivity index (χ2v) is 10.9. The van der Waals surface area contributed by atoms with Gasteiger partial charge in [-0.3, -0.25) is 14.2 Å². The Kier molecular flexibility index (Phi) is 6.57. The number of anilines is 1. The maximum absolute atomic E-state index is 13.6. The fourth-order valence-corrected chi connectivity index (χ4v) is 6.75. The molecule has 0 atom stereocenters. The Morgan fingerprint density at radius 2 is 1.88 bits per heavy atom. The summed E-state index contributed by atoms with van der Waals surface area (Å²) in [6.07, 6.45) is 3.83. The molecule has 7 heteroatoms. The van der Waals surface area contributed by atoms with Crippen molar-refractivity contribution in [1.82, 2.24) is 9.55 Å². The van der Waals surface area contributed by atoms with Crippen LogP contribution in [0.15, 0.2) is 58.5 Å². The van der Waals surface area contributed by atoms with Gasteiger partial charge in [0.05, 0.1) is 11.1 Å². The zero-order valence-electron chi connectivity index (χ0n) is 19.4. The van der Waals surface area contributed by atoms with Crippen molar-refractivity contribution < 1.29 is 4.79 Å². The lowest BCUT2D eigenvalue weighted by Gasteiger charge is -2.13. The fourth-order valence-electron chi connectivity index (χ4n) is 4.63. The molecule has 0 saturated heterocycles. The number of thiophene rings is 1. The summed E-state index contributed by atoms with van der Waals surface area (Å²) in [6, 6.07) is 16.2. The maximum atomic E-state index is 13.6. The predicted molar refractivity (Wildman–Crippen MR) is 141 cm³/mol. The van der Waals surface area contributed by atoms with Gasteiger partial charge in [-0.05, 0) is 73.9 Å². The SMILES string of the molecule is Cc1cc(C)cc(NC(=O)CSc2nc3sc4c(c3c(=O)n2CCc2ccccc2)CCC4)c1. The van der Waals surface area contributed by atoms with Crippen molar-refractivity contribution in [3.05, 3.63) is 86.0 Å². The summed E-state index contributed by atoms with van der Waals surface area (Å²) < 4.78 is 1.77. The van der Waals surface area contributed by atoms with Gasteiger partial charge in [-0.2, -0.15) is 0 Å². The molecule has 1 amide bonds. The zero-order chi connectivity index (χ0) is 23.7. The van der Waals surface area contributed by atoms with Crippen molar-refractivity contribution >= 4 is 44.9 Å². The first-order valence-electron chi connectivity index (χ1n) is 11.6. The van der Waals surface area contributed by atoms with E-state index in [4.69, 9.17) is 4.98 Å². The van der Waals surface area contributed by atoms with Gasteiger partial charge in [0.25, 0.3) is 5.56 Å². The average Bonchev–Trinajstić information content (AvgIpc) is 3.38. The molecule has 34 heavy (non-hydrogen) atoms. The maximum Gasteiger partial charge on any atom is 0.263 e. The van der Waals surface area contributed by atoms with Gasteiger partial charge >= 0.3 is 0 Å². The summed E-state index contributed by atoms with van der Waals surface area (Å²) in [7, 11) is 0. The van der Waals surface area contributed by atoms with Crippen LogP contribution < -0.4 is 10.9 Å². The van der Waals surface area contributed by atoms with Crippen molar-refractivity contribution in [2.75, 3.05) is 11.1 Å². The van der Waals surface area contributed by atoms with Gasteiger partial charge in [0.1, 0.15) is 4.83 Å². The molecule has 174 valence electrons. The summed E-state index contributed by atoms with van der Waals surface area (Å²) >= 11 is 2.97. The van der Waals surface area contributed by atoms with Gasteiger partial charge in [-0.15, -0.1) is 11.3 Å². The van der Waals surface area contributed by atoms with Gasteiger partial charge in [0.2, 0.25) is 5.91 Å². The Balaban J connectivity index is 1.41. The van der Waals surface area contributed by atoms with E-state index in [2.05, 4.69) is 23.5 Å².